The fraction of sp³-hybridized carbons (Fsp3) is 0.500. The molecule has 0 aromatic carbocycles. The average Bonchev–Trinajstić information content (AvgIpc) is 3.21. The predicted molar refractivity (Wildman–Crippen MR) is 120 cm³/mol. The summed E-state index contributed by atoms with van der Waals surface area (Å²) < 4.78 is 13.5. The summed E-state index contributed by atoms with van der Waals surface area (Å²) in [5, 5.41) is 0. The van der Waals surface area contributed by atoms with E-state index in [9.17, 15) is 4.79 Å². The van der Waals surface area contributed by atoms with Crippen molar-refractivity contribution in [2.24, 2.45) is 5.73 Å². The number of hydrogen-bond donors (Lipinski definition) is 1. The van der Waals surface area contributed by atoms with Gasteiger partial charge < -0.3 is 24.7 Å². The van der Waals surface area contributed by atoms with Crippen LogP contribution < -0.4 is 10.6 Å². The van der Waals surface area contributed by atoms with Gasteiger partial charge in [-0.05, 0) is 19.9 Å². The fourth-order valence-corrected chi connectivity index (χ4v) is 3.94. The van der Waals surface area contributed by atoms with Gasteiger partial charge in [0.05, 0.1) is 25.4 Å². The summed E-state index contributed by atoms with van der Waals surface area (Å²) in [7, 11) is 0. The number of primary amides is 1. The highest BCUT2D eigenvalue weighted by molar-refractivity contribution is 5.93. The van der Waals surface area contributed by atoms with Crippen LogP contribution in [0.2, 0.25) is 0 Å². The van der Waals surface area contributed by atoms with Crippen LogP contribution in [0, 0.1) is 0 Å². The quantitative estimate of drug-likeness (QED) is 0.659. The minimum Gasteiger partial charge on any atom is -0.378 e. The van der Waals surface area contributed by atoms with Gasteiger partial charge in [-0.15, -0.1) is 0 Å². The van der Waals surface area contributed by atoms with Gasteiger partial charge in [0, 0.05) is 37.6 Å². The Balaban J connectivity index is 0.00000119. The maximum Gasteiger partial charge on any atom is 0.250 e. The number of ether oxygens (including phenoxy) is 2. The van der Waals surface area contributed by atoms with Gasteiger partial charge in [-0.2, -0.15) is 0 Å². The average molecular weight is 440 g/mol. The molecule has 3 aromatic rings. The van der Waals surface area contributed by atoms with Gasteiger partial charge in [-0.3, -0.25) is 9.78 Å². The molecule has 10 nitrogen and oxygen atoms in total. The number of imidazole rings is 1. The van der Waals surface area contributed by atoms with Gasteiger partial charge in [0.1, 0.15) is 11.4 Å². The van der Waals surface area contributed by atoms with Crippen molar-refractivity contribution in [2.75, 3.05) is 37.8 Å². The number of anilines is 1. The number of aromatic nitrogens is 5. The molecule has 0 bridgehead atoms. The molecule has 0 saturated carbocycles. The van der Waals surface area contributed by atoms with Crippen LogP contribution in [-0.2, 0) is 21.6 Å². The number of nitrogens with zero attached hydrogens (tertiary/aromatic N) is 6. The molecule has 5 rings (SSSR count). The van der Waals surface area contributed by atoms with Crippen molar-refractivity contribution in [3.05, 3.63) is 29.8 Å². The van der Waals surface area contributed by atoms with Crippen molar-refractivity contribution < 1.29 is 14.3 Å². The zero-order chi connectivity index (χ0) is 22.9. The number of amides is 1. The van der Waals surface area contributed by atoms with Crippen LogP contribution >= 0.6 is 0 Å². The number of rotatable bonds is 3. The molecular formula is C22H29N7O3. The molecule has 170 valence electrons. The molecule has 32 heavy (non-hydrogen) atoms. The Bertz CT molecular complexity index is 1140. The predicted octanol–water partition coefficient (Wildman–Crippen LogP) is 2.12. The summed E-state index contributed by atoms with van der Waals surface area (Å²) in [5.41, 5.74) is 7.35. The van der Waals surface area contributed by atoms with Crippen molar-refractivity contribution in [3.63, 3.8) is 0 Å². The van der Waals surface area contributed by atoms with Gasteiger partial charge in [0.25, 0.3) is 0 Å². The molecule has 1 fully saturated rings. The number of morpholine rings is 1. The van der Waals surface area contributed by atoms with Crippen LogP contribution in [0.3, 0.4) is 0 Å². The first-order valence-corrected chi connectivity index (χ1v) is 10.9. The Kier molecular flexibility index (Phi) is 6.07. The van der Waals surface area contributed by atoms with E-state index in [2.05, 4.69) is 14.5 Å². The third kappa shape index (κ3) is 3.91. The zero-order valence-corrected chi connectivity index (χ0v) is 19.0. The Morgan fingerprint density at radius 1 is 1.06 bits per heavy atom. The lowest BCUT2D eigenvalue weighted by molar-refractivity contribution is -0.0530. The van der Waals surface area contributed by atoms with E-state index >= 15 is 0 Å². The smallest absolute Gasteiger partial charge is 0.250 e. The van der Waals surface area contributed by atoms with Crippen LogP contribution in [-0.4, -0.2) is 63.3 Å². The molecule has 0 spiro atoms. The minimum atomic E-state index is -0.542. The summed E-state index contributed by atoms with van der Waals surface area (Å²) in [6, 6.07) is 1.67. The first-order chi connectivity index (χ1) is 15.4. The van der Waals surface area contributed by atoms with E-state index in [-0.39, 0.29) is 0 Å². The summed E-state index contributed by atoms with van der Waals surface area (Å²) in [6.45, 7) is 11.9. The number of carbonyl (C=O) groups excluding carboxylic acids is 1. The van der Waals surface area contributed by atoms with Gasteiger partial charge in [-0.25, -0.2) is 15.0 Å². The fourth-order valence-electron chi connectivity index (χ4n) is 3.94. The topological polar surface area (TPSA) is 121 Å². The monoisotopic (exact) mass is 439 g/mol. The summed E-state index contributed by atoms with van der Waals surface area (Å²) in [6.07, 6.45) is 3.07. The van der Waals surface area contributed by atoms with Crippen LogP contribution in [0.4, 0.5) is 5.82 Å². The Morgan fingerprint density at radius 2 is 1.81 bits per heavy atom. The molecule has 1 amide bonds. The lowest BCUT2D eigenvalue weighted by atomic mass is 10.1. The Morgan fingerprint density at radius 3 is 2.53 bits per heavy atom. The second kappa shape index (κ2) is 8.79. The van der Waals surface area contributed by atoms with Crippen molar-refractivity contribution in [1.29, 1.82) is 0 Å². The second-order valence-electron chi connectivity index (χ2n) is 7.91. The largest absolute Gasteiger partial charge is 0.378 e. The normalized spacial score (nSPS) is 17.4. The first kappa shape index (κ1) is 22.1. The van der Waals surface area contributed by atoms with Gasteiger partial charge in [0.2, 0.25) is 5.91 Å². The molecular weight excluding hydrogens is 410 g/mol. The van der Waals surface area contributed by atoms with Gasteiger partial charge >= 0.3 is 0 Å². The van der Waals surface area contributed by atoms with E-state index in [0.29, 0.717) is 56.4 Å². The zero-order valence-electron chi connectivity index (χ0n) is 19.0. The molecule has 0 aliphatic carbocycles. The van der Waals surface area contributed by atoms with Crippen molar-refractivity contribution in [2.45, 2.75) is 39.8 Å². The summed E-state index contributed by atoms with van der Waals surface area (Å²) in [5.74, 6) is 1.51. The highest BCUT2D eigenvalue weighted by Crippen LogP contribution is 2.35. The molecule has 0 radical (unpaired) electrons. The van der Waals surface area contributed by atoms with Gasteiger partial charge in [-0.1, -0.05) is 13.8 Å². The van der Waals surface area contributed by atoms with Crippen LogP contribution in [0.15, 0.2) is 18.5 Å². The molecule has 3 aromatic heterocycles. The van der Waals surface area contributed by atoms with E-state index < -0.39 is 11.5 Å². The van der Waals surface area contributed by atoms with Crippen LogP contribution in [0.25, 0.3) is 22.6 Å². The standard InChI is InChI=1S/C20H23N7O3.C2H6/c1-20(2)19-23-14-17(26-3-6-29-7-4-26)24-16(25-18(14)27(19)5-8-30-20)13-9-12(15(21)28)10-22-11-13;1-2/h9-11H,3-8H2,1-2H3,(H2,21,28);1-2H3. The number of nitrogens with two attached hydrogens (primary N) is 1. The van der Waals surface area contributed by atoms with E-state index in [0.717, 1.165) is 22.8 Å². The SMILES string of the molecule is CC.CC1(C)OCCn2c1nc1c(N3CCOCC3)nc(-c3cncc(C(N)=O)c3)nc12. The third-order valence-corrected chi connectivity index (χ3v) is 5.48. The molecule has 5 heterocycles. The third-order valence-electron chi connectivity index (χ3n) is 5.48. The van der Waals surface area contributed by atoms with Crippen LogP contribution in [0.1, 0.15) is 43.9 Å². The number of carbonyl (C=O) groups is 1. The van der Waals surface area contributed by atoms with E-state index in [1.165, 1.54) is 6.20 Å². The maximum absolute atomic E-state index is 11.6. The molecule has 2 N–H and O–H groups in total. The molecule has 0 atom stereocenters. The molecule has 10 heteroatoms. The molecule has 1 saturated heterocycles. The Labute approximate surface area is 186 Å². The lowest BCUT2D eigenvalue weighted by Gasteiger charge is -2.30. The van der Waals surface area contributed by atoms with E-state index in [1.54, 1.807) is 12.3 Å². The van der Waals surface area contributed by atoms with E-state index in [1.807, 2.05) is 27.7 Å². The van der Waals surface area contributed by atoms with Crippen LogP contribution in [0.5, 0.6) is 0 Å². The van der Waals surface area contributed by atoms with Crippen molar-refractivity contribution in [1.82, 2.24) is 24.5 Å². The molecule has 2 aliphatic heterocycles. The number of hydrogen-bond acceptors (Lipinski definition) is 8. The minimum absolute atomic E-state index is 0.314. The first-order valence-electron chi connectivity index (χ1n) is 10.9. The second-order valence-corrected chi connectivity index (χ2v) is 7.91. The summed E-state index contributed by atoms with van der Waals surface area (Å²) in [4.78, 5) is 32.5. The van der Waals surface area contributed by atoms with E-state index in [4.69, 9.17) is 30.2 Å². The van der Waals surface area contributed by atoms with Crippen molar-refractivity contribution >= 4 is 22.9 Å². The molecule has 0 unspecified atom stereocenters. The number of fused-ring (bicyclic) bond motifs is 3. The number of pyridine rings is 1. The highest BCUT2D eigenvalue weighted by Gasteiger charge is 2.34. The highest BCUT2D eigenvalue weighted by atomic mass is 16.5. The maximum atomic E-state index is 11.6. The van der Waals surface area contributed by atoms with Gasteiger partial charge in [0.15, 0.2) is 22.8 Å². The van der Waals surface area contributed by atoms with Crippen molar-refractivity contribution in [3.8, 4) is 11.4 Å². The summed E-state index contributed by atoms with van der Waals surface area (Å²) >= 11 is 0. The Hall–Kier alpha value is -3.11. The molecule has 2 aliphatic rings. The lowest BCUT2D eigenvalue weighted by Crippen LogP contribution is -2.37.